The molecular weight excluding hydrogens is 446 g/mol. The van der Waals surface area contributed by atoms with E-state index < -0.39 is 0 Å². The highest BCUT2D eigenvalue weighted by Gasteiger charge is 2.15. The van der Waals surface area contributed by atoms with Gasteiger partial charge >= 0.3 is 0 Å². The van der Waals surface area contributed by atoms with E-state index in [4.69, 9.17) is 2.74 Å². The second kappa shape index (κ2) is 9.79. The topological polar surface area (TPSA) is 3.24 Å². The van der Waals surface area contributed by atoms with E-state index >= 15 is 0 Å². The molecule has 0 N–H and O–H groups in total. The number of benzene rings is 6. The zero-order valence-electron chi connectivity index (χ0n) is 23.1. The predicted octanol–water partition coefficient (Wildman–Crippen LogP) is 10.3. The number of hydrogen-bond donors (Lipinski definition) is 0. The number of rotatable bonds is 5. The van der Waals surface area contributed by atoms with Crippen LogP contribution in [0, 0.1) is 13.8 Å². The number of fused-ring (bicyclic) bond motifs is 3. The molecule has 6 rings (SSSR count). The summed E-state index contributed by atoms with van der Waals surface area (Å²) in [6, 6.07) is 43.7. The van der Waals surface area contributed by atoms with Gasteiger partial charge in [0.1, 0.15) is 0 Å². The van der Waals surface area contributed by atoms with Crippen LogP contribution in [0.5, 0.6) is 0 Å². The van der Waals surface area contributed by atoms with Gasteiger partial charge < -0.3 is 4.90 Å². The molecule has 0 spiro atoms. The van der Waals surface area contributed by atoms with Crippen LogP contribution in [-0.2, 0) is 0 Å². The lowest BCUT2D eigenvalue weighted by molar-refractivity contribution is 1.22. The average molecular weight is 478 g/mol. The van der Waals surface area contributed by atoms with Crippen molar-refractivity contribution in [1.29, 1.82) is 0 Å². The summed E-state index contributed by atoms with van der Waals surface area (Å²) in [5, 5.41) is 4.33. The van der Waals surface area contributed by atoms with Gasteiger partial charge in [-0.25, -0.2) is 0 Å². The summed E-state index contributed by atoms with van der Waals surface area (Å²) in [5.41, 5.74) is 7.10. The van der Waals surface area contributed by atoms with E-state index in [0.29, 0.717) is 0 Å². The van der Waals surface area contributed by atoms with Crippen LogP contribution in [0.2, 0.25) is 0 Å². The highest BCUT2D eigenvalue weighted by atomic mass is 15.1. The van der Waals surface area contributed by atoms with Gasteiger partial charge in [-0.2, -0.15) is 0 Å². The first kappa shape index (κ1) is 20.6. The third-order valence-corrected chi connectivity index (χ3v) is 6.95. The first-order valence-corrected chi connectivity index (χ1v) is 12.6. The molecule has 1 heteroatoms. The molecule has 0 bridgehead atoms. The van der Waals surface area contributed by atoms with E-state index in [-0.39, 0.29) is 12.1 Å². The third kappa shape index (κ3) is 4.41. The Bertz CT molecular complexity index is 1810. The monoisotopic (exact) mass is 477 g/mol. The number of aryl methyl sites for hydroxylation is 2. The Labute approximate surface area is 221 Å². The SMILES string of the molecule is [2H]/C(=C(/[2H])c1cc2ccccc2c2ccccc12)c1ccc(N(c2ccccc2C)c2ccccc2C)cc1. The lowest BCUT2D eigenvalue weighted by Crippen LogP contribution is -2.12. The summed E-state index contributed by atoms with van der Waals surface area (Å²) in [7, 11) is 0. The molecule has 0 aromatic heterocycles. The molecule has 0 unspecified atom stereocenters. The largest absolute Gasteiger partial charge is 0.310 e. The molecule has 1 nitrogen and oxygen atoms in total. The fraction of sp³-hybridized carbons (Fsp3) is 0.0556. The molecule has 0 atom stereocenters. The van der Waals surface area contributed by atoms with Crippen molar-refractivity contribution in [2.45, 2.75) is 13.8 Å². The molecule has 6 aromatic carbocycles. The normalized spacial score (nSPS) is 12.7. The van der Waals surface area contributed by atoms with Gasteiger partial charge in [0.05, 0.1) is 2.74 Å². The molecule has 0 fully saturated rings. The fourth-order valence-electron chi connectivity index (χ4n) is 5.03. The van der Waals surface area contributed by atoms with Gasteiger partial charge in [-0.15, -0.1) is 0 Å². The van der Waals surface area contributed by atoms with Crippen LogP contribution in [0.15, 0.2) is 127 Å². The van der Waals surface area contributed by atoms with Crippen molar-refractivity contribution in [1.82, 2.24) is 0 Å². The van der Waals surface area contributed by atoms with Gasteiger partial charge in [-0.05, 0) is 88.0 Å². The number of para-hydroxylation sites is 2. The smallest absolute Gasteiger partial charge is 0.0629 e. The van der Waals surface area contributed by atoms with Crippen molar-refractivity contribution in [3.8, 4) is 0 Å². The highest BCUT2D eigenvalue weighted by Crippen LogP contribution is 2.38. The maximum Gasteiger partial charge on any atom is 0.0629 e. The van der Waals surface area contributed by atoms with E-state index in [0.717, 1.165) is 49.7 Å². The highest BCUT2D eigenvalue weighted by molar-refractivity contribution is 6.11. The molecule has 178 valence electrons. The van der Waals surface area contributed by atoms with E-state index in [1.54, 1.807) is 0 Å². The van der Waals surface area contributed by atoms with Crippen molar-refractivity contribution in [3.63, 3.8) is 0 Å². The summed E-state index contributed by atoms with van der Waals surface area (Å²) >= 11 is 0. The van der Waals surface area contributed by atoms with Gasteiger partial charge in [0.15, 0.2) is 0 Å². The zero-order valence-corrected chi connectivity index (χ0v) is 21.1. The lowest BCUT2D eigenvalue weighted by Gasteiger charge is -2.28. The molecule has 6 aromatic rings. The Kier molecular flexibility index (Phi) is 5.44. The molecular formula is C36H29N. The van der Waals surface area contributed by atoms with Crippen LogP contribution in [0.4, 0.5) is 17.1 Å². The Hall–Kier alpha value is -4.62. The number of nitrogens with zero attached hydrogens (tertiary/aromatic N) is 1. The zero-order chi connectivity index (χ0) is 26.9. The van der Waals surface area contributed by atoms with Crippen LogP contribution < -0.4 is 4.90 Å². The molecule has 0 aliphatic carbocycles. The quantitative estimate of drug-likeness (QED) is 0.176. The Morgan fingerprint density at radius 2 is 1.08 bits per heavy atom. The first-order chi connectivity index (χ1) is 19.0. The summed E-state index contributed by atoms with van der Waals surface area (Å²) in [6.45, 7) is 4.25. The van der Waals surface area contributed by atoms with Crippen molar-refractivity contribution < 1.29 is 2.74 Å². The van der Waals surface area contributed by atoms with E-state index in [2.05, 4.69) is 97.6 Å². The van der Waals surface area contributed by atoms with E-state index in [1.807, 2.05) is 48.5 Å². The molecule has 0 heterocycles. The lowest BCUT2D eigenvalue weighted by atomic mass is 9.96. The second-order valence-corrected chi connectivity index (χ2v) is 9.40. The average Bonchev–Trinajstić information content (AvgIpc) is 2.98. The van der Waals surface area contributed by atoms with Crippen molar-refractivity contribution in [2.75, 3.05) is 4.90 Å². The summed E-state index contributed by atoms with van der Waals surface area (Å²) in [6.07, 6.45) is 0. The van der Waals surface area contributed by atoms with E-state index in [1.165, 1.54) is 11.1 Å². The molecule has 0 aliphatic rings. The van der Waals surface area contributed by atoms with Crippen LogP contribution in [0.25, 0.3) is 33.6 Å². The van der Waals surface area contributed by atoms with Crippen LogP contribution in [0.3, 0.4) is 0 Å². The Morgan fingerprint density at radius 3 is 1.73 bits per heavy atom. The van der Waals surface area contributed by atoms with Crippen molar-refractivity contribution in [3.05, 3.63) is 150 Å². The second-order valence-electron chi connectivity index (χ2n) is 9.40. The van der Waals surface area contributed by atoms with Crippen molar-refractivity contribution >= 4 is 50.7 Å². The fourth-order valence-corrected chi connectivity index (χ4v) is 5.03. The van der Waals surface area contributed by atoms with Gasteiger partial charge in [0.2, 0.25) is 0 Å². The van der Waals surface area contributed by atoms with Crippen LogP contribution in [0.1, 0.15) is 25.0 Å². The van der Waals surface area contributed by atoms with E-state index in [9.17, 15) is 0 Å². The van der Waals surface area contributed by atoms with Gasteiger partial charge in [0, 0.05) is 17.1 Å². The molecule has 0 saturated heterocycles. The Morgan fingerprint density at radius 1 is 0.541 bits per heavy atom. The van der Waals surface area contributed by atoms with Gasteiger partial charge in [0.25, 0.3) is 0 Å². The predicted molar refractivity (Wildman–Crippen MR) is 161 cm³/mol. The van der Waals surface area contributed by atoms with Gasteiger partial charge in [-0.1, -0.05) is 109 Å². The van der Waals surface area contributed by atoms with Crippen molar-refractivity contribution in [2.24, 2.45) is 0 Å². The number of anilines is 3. The minimum atomic E-state index is 0.209. The molecule has 0 radical (unpaired) electrons. The summed E-state index contributed by atoms with van der Waals surface area (Å²) < 4.78 is 18.1. The van der Waals surface area contributed by atoms with Crippen LogP contribution in [-0.4, -0.2) is 0 Å². The molecule has 0 aliphatic heterocycles. The number of hydrogen-bond acceptors (Lipinski definition) is 1. The maximum absolute atomic E-state index is 9.06. The standard InChI is InChI=1S/C36H29N/c1-26-11-3-9-17-35(26)37(36-18-10-4-12-27(36)2)31-23-20-28(21-24-31)19-22-30-25-29-13-5-6-14-32(29)34-16-8-7-15-33(30)34/h3-25H,1-2H3/b22-19+/i19D,22D. The maximum atomic E-state index is 9.06. The minimum absolute atomic E-state index is 0.209. The summed E-state index contributed by atoms with van der Waals surface area (Å²) in [4.78, 5) is 2.26. The molecule has 37 heavy (non-hydrogen) atoms. The first-order valence-electron chi connectivity index (χ1n) is 13.6. The molecule has 0 saturated carbocycles. The van der Waals surface area contributed by atoms with Gasteiger partial charge in [-0.3, -0.25) is 0 Å². The van der Waals surface area contributed by atoms with Crippen LogP contribution >= 0.6 is 0 Å². The summed E-state index contributed by atoms with van der Waals surface area (Å²) in [5.74, 6) is 0. The third-order valence-electron chi connectivity index (χ3n) is 6.95. The minimum Gasteiger partial charge on any atom is -0.310 e. The molecule has 0 amide bonds. The Balaban J connectivity index is 1.45.